The zero-order valence-electron chi connectivity index (χ0n) is 11.3. The zero-order valence-corrected chi connectivity index (χ0v) is 11.3. The highest BCUT2D eigenvalue weighted by Gasteiger charge is 2.43. The van der Waals surface area contributed by atoms with Crippen molar-refractivity contribution in [1.82, 2.24) is 0 Å². The molecule has 118 valence electrons. The highest BCUT2D eigenvalue weighted by molar-refractivity contribution is 5.55. The van der Waals surface area contributed by atoms with Crippen LogP contribution in [-0.4, -0.2) is 29.9 Å². The Bertz CT molecular complexity index is 518. The predicted molar refractivity (Wildman–Crippen MR) is 66.4 cm³/mol. The van der Waals surface area contributed by atoms with E-state index in [1.165, 1.54) is 7.11 Å². The molecule has 0 bridgehead atoms. The minimum atomic E-state index is -5.03. The van der Waals surface area contributed by atoms with Gasteiger partial charge < -0.3 is 14.6 Å². The van der Waals surface area contributed by atoms with E-state index in [-0.39, 0.29) is 18.1 Å². The summed E-state index contributed by atoms with van der Waals surface area (Å²) in [7, 11) is 1.21. The Balaban J connectivity index is 3.41. The van der Waals surface area contributed by atoms with Gasteiger partial charge in [0.25, 0.3) is 5.69 Å². The SMILES string of the molecule is CCCOc1cc(C(O)C(F)(F)F)c([N+](=O)[O-])cc1OC. The van der Waals surface area contributed by atoms with E-state index >= 15 is 0 Å². The summed E-state index contributed by atoms with van der Waals surface area (Å²) in [5, 5.41) is 20.2. The number of nitro groups is 1. The van der Waals surface area contributed by atoms with Crippen molar-refractivity contribution >= 4 is 5.69 Å². The molecular formula is C12H14F3NO5. The third-order valence-corrected chi connectivity index (χ3v) is 2.58. The number of methoxy groups -OCH3 is 1. The lowest BCUT2D eigenvalue weighted by Gasteiger charge is -2.17. The normalized spacial score (nSPS) is 12.9. The lowest BCUT2D eigenvalue weighted by atomic mass is 10.1. The molecule has 1 rings (SSSR count). The average molecular weight is 309 g/mol. The summed E-state index contributed by atoms with van der Waals surface area (Å²) in [6.45, 7) is 1.97. The van der Waals surface area contributed by atoms with Gasteiger partial charge in [0.15, 0.2) is 17.6 Å². The average Bonchev–Trinajstić information content (AvgIpc) is 2.42. The first kappa shape index (κ1) is 17.0. The number of alkyl halides is 3. The third-order valence-electron chi connectivity index (χ3n) is 2.58. The van der Waals surface area contributed by atoms with Gasteiger partial charge in [0.2, 0.25) is 0 Å². The summed E-state index contributed by atoms with van der Waals surface area (Å²) < 4.78 is 47.8. The minimum Gasteiger partial charge on any atom is -0.493 e. The van der Waals surface area contributed by atoms with Crippen LogP contribution < -0.4 is 9.47 Å². The molecule has 1 N–H and O–H groups in total. The highest BCUT2D eigenvalue weighted by Crippen LogP contribution is 2.42. The molecule has 0 spiro atoms. The van der Waals surface area contributed by atoms with Gasteiger partial charge >= 0.3 is 6.18 Å². The number of rotatable bonds is 6. The zero-order chi connectivity index (χ0) is 16.2. The van der Waals surface area contributed by atoms with Crippen LogP contribution in [0.25, 0.3) is 0 Å². The Morgan fingerprint density at radius 2 is 2.00 bits per heavy atom. The number of halogens is 3. The van der Waals surface area contributed by atoms with Gasteiger partial charge in [0.1, 0.15) is 0 Å². The molecule has 1 aromatic rings. The molecule has 9 heteroatoms. The molecule has 0 fully saturated rings. The molecule has 0 saturated heterocycles. The van der Waals surface area contributed by atoms with Gasteiger partial charge in [-0.2, -0.15) is 13.2 Å². The van der Waals surface area contributed by atoms with Crippen LogP contribution in [0.5, 0.6) is 11.5 Å². The van der Waals surface area contributed by atoms with Crippen molar-refractivity contribution in [3.8, 4) is 11.5 Å². The van der Waals surface area contributed by atoms with E-state index in [4.69, 9.17) is 9.47 Å². The van der Waals surface area contributed by atoms with Gasteiger partial charge in [-0.25, -0.2) is 0 Å². The summed E-state index contributed by atoms with van der Waals surface area (Å²) in [5.41, 5.74) is -1.78. The molecule has 0 aromatic heterocycles. The van der Waals surface area contributed by atoms with Crippen molar-refractivity contribution in [2.45, 2.75) is 25.6 Å². The monoisotopic (exact) mass is 309 g/mol. The molecular weight excluding hydrogens is 295 g/mol. The van der Waals surface area contributed by atoms with E-state index in [1.54, 1.807) is 6.92 Å². The summed E-state index contributed by atoms with van der Waals surface area (Å²) >= 11 is 0. The molecule has 0 amide bonds. The number of nitro benzene ring substituents is 1. The summed E-state index contributed by atoms with van der Waals surface area (Å²) in [4.78, 5) is 9.86. The number of benzene rings is 1. The van der Waals surface area contributed by atoms with Crippen molar-refractivity contribution in [3.05, 3.63) is 27.8 Å². The van der Waals surface area contributed by atoms with E-state index in [0.717, 1.165) is 12.1 Å². The number of hydrogen-bond donors (Lipinski definition) is 1. The van der Waals surface area contributed by atoms with E-state index in [9.17, 15) is 28.4 Å². The van der Waals surface area contributed by atoms with Crippen LogP contribution in [0.1, 0.15) is 25.0 Å². The second kappa shape index (κ2) is 6.61. The molecule has 0 radical (unpaired) electrons. The van der Waals surface area contributed by atoms with Gasteiger partial charge in [0.05, 0.1) is 30.3 Å². The summed E-state index contributed by atoms with van der Waals surface area (Å²) in [6, 6.07) is 1.58. The molecule has 0 aliphatic rings. The maximum absolute atomic E-state index is 12.6. The van der Waals surface area contributed by atoms with E-state index in [2.05, 4.69) is 0 Å². The largest absolute Gasteiger partial charge is 0.493 e. The van der Waals surface area contributed by atoms with Gasteiger partial charge in [-0.3, -0.25) is 10.1 Å². The number of aliphatic hydroxyl groups excluding tert-OH is 1. The summed E-state index contributed by atoms with van der Waals surface area (Å²) in [6.07, 6.45) is -7.42. The van der Waals surface area contributed by atoms with E-state index in [0.29, 0.717) is 6.42 Å². The predicted octanol–water partition coefficient (Wildman–Crippen LogP) is 2.99. The van der Waals surface area contributed by atoms with Gasteiger partial charge in [-0.1, -0.05) is 6.92 Å². The maximum Gasteiger partial charge on any atom is 0.418 e. The van der Waals surface area contributed by atoms with Crippen LogP contribution in [0.3, 0.4) is 0 Å². The molecule has 6 nitrogen and oxygen atoms in total. The fourth-order valence-corrected chi connectivity index (χ4v) is 1.60. The second-order valence-electron chi connectivity index (χ2n) is 4.11. The number of ether oxygens (including phenoxy) is 2. The Labute approximate surface area is 118 Å². The lowest BCUT2D eigenvalue weighted by molar-refractivity contribution is -0.387. The van der Waals surface area contributed by atoms with Crippen molar-refractivity contribution < 1.29 is 32.7 Å². The van der Waals surface area contributed by atoms with Gasteiger partial charge in [-0.05, 0) is 12.5 Å². The topological polar surface area (TPSA) is 81.8 Å². The fourth-order valence-electron chi connectivity index (χ4n) is 1.60. The first-order valence-corrected chi connectivity index (χ1v) is 5.96. The standard InChI is InChI=1S/C12H14F3NO5/c1-3-4-21-10-5-7(11(17)12(13,14)15)8(16(18)19)6-9(10)20-2/h5-6,11,17H,3-4H2,1-2H3. The Morgan fingerprint density at radius 1 is 1.38 bits per heavy atom. The molecule has 0 aliphatic heterocycles. The van der Waals surface area contributed by atoms with Crippen molar-refractivity contribution in [2.75, 3.05) is 13.7 Å². The minimum absolute atomic E-state index is 0.0757. The molecule has 21 heavy (non-hydrogen) atoms. The quantitative estimate of drug-likeness (QED) is 0.645. The van der Waals surface area contributed by atoms with Crippen LogP contribution in [-0.2, 0) is 0 Å². The lowest BCUT2D eigenvalue weighted by Crippen LogP contribution is -2.21. The number of aliphatic hydroxyl groups is 1. The number of nitrogens with zero attached hydrogens (tertiary/aromatic N) is 1. The smallest absolute Gasteiger partial charge is 0.418 e. The Hall–Kier alpha value is -2.03. The van der Waals surface area contributed by atoms with Crippen LogP contribution in [0.2, 0.25) is 0 Å². The van der Waals surface area contributed by atoms with E-state index in [1.807, 2.05) is 0 Å². The van der Waals surface area contributed by atoms with Crippen molar-refractivity contribution in [2.24, 2.45) is 0 Å². The molecule has 1 atom stereocenters. The molecule has 0 heterocycles. The molecule has 1 unspecified atom stereocenters. The maximum atomic E-state index is 12.6. The first-order chi connectivity index (χ1) is 9.72. The summed E-state index contributed by atoms with van der Waals surface area (Å²) in [5.74, 6) is -0.170. The van der Waals surface area contributed by atoms with Gasteiger partial charge in [-0.15, -0.1) is 0 Å². The van der Waals surface area contributed by atoms with Crippen molar-refractivity contribution in [3.63, 3.8) is 0 Å². The van der Waals surface area contributed by atoms with Crippen molar-refractivity contribution in [1.29, 1.82) is 0 Å². The Morgan fingerprint density at radius 3 is 2.43 bits per heavy atom. The Kier molecular flexibility index (Phi) is 5.36. The highest BCUT2D eigenvalue weighted by atomic mass is 19.4. The van der Waals surface area contributed by atoms with Crippen LogP contribution in [0.4, 0.5) is 18.9 Å². The van der Waals surface area contributed by atoms with Crippen LogP contribution >= 0.6 is 0 Å². The molecule has 0 saturated carbocycles. The van der Waals surface area contributed by atoms with E-state index < -0.39 is 28.5 Å². The fraction of sp³-hybridized carbons (Fsp3) is 0.500. The third kappa shape index (κ3) is 3.97. The first-order valence-electron chi connectivity index (χ1n) is 5.96. The van der Waals surface area contributed by atoms with Gasteiger partial charge in [0, 0.05) is 0 Å². The van der Waals surface area contributed by atoms with Crippen LogP contribution in [0.15, 0.2) is 12.1 Å². The molecule has 1 aromatic carbocycles. The van der Waals surface area contributed by atoms with Crippen LogP contribution in [0, 0.1) is 10.1 Å². The number of hydrogen-bond acceptors (Lipinski definition) is 5. The second-order valence-corrected chi connectivity index (χ2v) is 4.11. The molecule has 0 aliphatic carbocycles.